The molecule has 0 N–H and O–H groups in total. The number of aryl methyl sites for hydroxylation is 2. The van der Waals surface area contributed by atoms with Gasteiger partial charge in [0.1, 0.15) is 5.75 Å². The molecular weight excluding hydrogens is 352 g/mol. The summed E-state index contributed by atoms with van der Waals surface area (Å²) in [7, 11) is 1.77. The molecule has 19 heavy (non-hydrogen) atoms. The summed E-state index contributed by atoms with van der Waals surface area (Å²) in [6, 6.07) is 3.97. The maximum atomic E-state index is 10.7. The van der Waals surface area contributed by atoms with Gasteiger partial charge in [-0.25, -0.2) is 8.42 Å². The molecular formula is C13H18BrClO3S. The second-order valence-electron chi connectivity index (χ2n) is 4.52. The van der Waals surface area contributed by atoms with Crippen LogP contribution < -0.4 is 4.74 Å². The third-order valence-corrected chi connectivity index (χ3v) is 5.20. The first kappa shape index (κ1) is 16.8. The lowest BCUT2D eigenvalue weighted by molar-refractivity contribution is 0.306. The van der Waals surface area contributed by atoms with E-state index < -0.39 is 9.05 Å². The maximum Gasteiger partial charge on any atom is 0.232 e. The lowest BCUT2D eigenvalue weighted by Gasteiger charge is -2.10. The molecule has 0 saturated carbocycles. The maximum absolute atomic E-state index is 10.7. The molecule has 108 valence electrons. The fourth-order valence-corrected chi connectivity index (χ4v) is 2.84. The third-order valence-electron chi connectivity index (χ3n) is 2.71. The quantitative estimate of drug-likeness (QED) is 0.535. The van der Waals surface area contributed by atoms with Crippen LogP contribution in [-0.4, -0.2) is 20.8 Å². The van der Waals surface area contributed by atoms with Crippen LogP contribution in [0.3, 0.4) is 0 Å². The monoisotopic (exact) mass is 368 g/mol. The van der Waals surface area contributed by atoms with E-state index in [9.17, 15) is 8.42 Å². The van der Waals surface area contributed by atoms with E-state index in [0.29, 0.717) is 13.0 Å². The number of benzene rings is 1. The first-order valence-electron chi connectivity index (χ1n) is 6.11. The Bertz CT molecular complexity index is 506. The molecule has 0 fully saturated rings. The van der Waals surface area contributed by atoms with Crippen LogP contribution in [0.15, 0.2) is 16.6 Å². The Morgan fingerprint density at radius 3 is 2.26 bits per heavy atom. The van der Waals surface area contributed by atoms with Crippen molar-refractivity contribution in [2.24, 2.45) is 0 Å². The standard InChI is InChI=1S/C13H18BrClO3S/c1-10-8-12(9-11(2)13(10)14)18-6-4-3-5-7-19(15,16)17/h8-9H,3-7H2,1-2H3. The zero-order valence-corrected chi connectivity index (χ0v) is 14.2. The summed E-state index contributed by atoms with van der Waals surface area (Å²) in [5.74, 6) is 0.883. The van der Waals surface area contributed by atoms with E-state index in [1.807, 2.05) is 26.0 Å². The van der Waals surface area contributed by atoms with Gasteiger partial charge in [0.2, 0.25) is 9.05 Å². The van der Waals surface area contributed by atoms with Crippen molar-refractivity contribution in [3.63, 3.8) is 0 Å². The molecule has 1 aromatic rings. The van der Waals surface area contributed by atoms with E-state index in [4.69, 9.17) is 15.4 Å². The molecule has 6 heteroatoms. The highest BCUT2D eigenvalue weighted by Gasteiger charge is 2.05. The highest BCUT2D eigenvalue weighted by Crippen LogP contribution is 2.26. The number of hydrogen-bond acceptors (Lipinski definition) is 3. The Morgan fingerprint density at radius 1 is 1.16 bits per heavy atom. The molecule has 1 aromatic carbocycles. The van der Waals surface area contributed by atoms with Crippen LogP contribution in [0.2, 0.25) is 0 Å². The number of ether oxygens (including phenoxy) is 1. The third kappa shape index (κ3) is 6.63. The Morgan fingerprint density at radius 2 is 1.74 bits per heavy atom. The smallest absolute Gasteiger partial charge is 0.232 e. The van der Waals surface area contributed by atoms with E-state index in [1.165, 1.54) is 0 Å². The fraction of sp³-hybridized carbons (Fsp3) is 0.538. The summed E-state index contributed by atoms with van der Waals surface area (Å²) in [6.07, 6.45) is 2.19. The normalized spacial score (nSPS) is 11.6. The highest BCUT2D eigenvalue weighted by atomic mass is 79.9. The molecule has 0 aliphatic carbocycles. The van der Waals surface area contributed by atoms with Crippen LogP contribution in [0.25, 0.3) is 0 Å². The molecule has 0 aromatic heterocycles. The molecule has 0 atom stereocenters. The first-order valence-corrected chi connectivity index (χ1v) is 9.38. The number of rotatable bonds is 7. The van der Waals surface area contributed by atoms with Gasteiger partial charge in [-0.2, -0.15) is 0 Å². The van der Waals surface area contributed by atoms with Crippen LogP contribution in [0, 0.1) is 13.8 Å². The van der Waals surface area contributed by atoms with E-state index >= 15 is 0 Å². The van der Waals surface area contributed by atoms with Gasteiger partial charge < -0.3 is 4.74 Å². The van der Waals surface area contributed by atoms with Crippen molar-refractivity contribution in [2.75, 3.05) is 12.4 Å². The van der Waals surface area contributed by atoms with Crippen LogP contribution in [0.5, 0.6) is 5.75 Å². The number of hydrogen-bond donors (Lipinski definition) is 0. The van der Waals surface area contributed by atoms with Crippen LogP contribution in [-0.2, 0) is 9.05 Å². The van der Waals surface area contributed by atoms with Crippen molar-refractivity contribution >= 4 is 35.7 Å². The predicted octanol–water partition coefficient (Wildman–Crippen LogP) is 4.18. The molecule has 1 rings (SSSR count). The van der Waals surface area contributed by atoms with Crippen molar-refractivity contribution in [3.05, 3.63) is 27.7 Å². The van der Waals surface area contributed by atoms with Gasteiger partial charge in [-0.1, -0.05) is 15.9 Å². The molecule has 0 aliphatic rings. The lowest BCUT2D eigenvalue weighted by Crippen LogP contribution is -2.01. The molecule has 0 amide bonds. The molecule has 0 aliphatic heterocycles. The second-order valence-corrected chi connectivity index (χ2v) is 8.21. The second kappa shape index (κ2) is 7.50. The average molecular weight is 370 g/mol. The molecule has 0 bridgehead atoms. The summed E-state index contributed by atoms with van der Waals surface area (Å²) in [4.78, 5) is 0. The molecule has 3 nitrogen and oxygen atoms in total. The Balaban J connectivity index is 2.30. The van der Waals surface area contributed by atoms with Gasteiger partial charge in [-0.05, 0) is 56.4 Å². The SMILES string of the molecule is Cc1cc(OCCCCCS(=O)(=O)Cl)cc(C)c1Br. The molecule has 0 heterocycles. The van der Waals surface area contributed by atoms with Crippen molar-refractivity contribution in [1.82, 2.24) is 0 Å². The lowest BCUT2D eigenvalue weighted by atomic mass is 10.1. The van der Waals surface area contributed by atoms with Crippen molar-refractivity contribution in [2.45, 2.75) is 33.1 Å². The summed E-state index contributed by atoms with van der Waals surface area (Å²) in [6.45, 7) is 4.63. The minimum absolute atomic E-state index is 0.0328. The van der Waals surface area contributed by atoms with Gasteiger partial charge in [-0.3, -0.25) is 0 Å². The van der Waals surface area contributed by atoms with E-state index in [0.717, 1.165) is 34.2 Å². The summed E-state index contributed by atoms with van der Waals surface area (Å²) >= 11 is 3.51. The summed E-state index contributed by atoms with van der Waals surface area (Å²) in [5.41, 5.74) is 2.28. The van der Waals surface area contributed by atoms with Gasteiger partial charge in [0.05, 0.1) is 12.4 Å². The molecule has 0 saturated heterocycles. The zero-order chi connectivity index (χ0) is 14.5. The highest BCUT2D eigenvalue weighted by molar-refractivity contribution is 9.10. The molecule has 0 radical (unpaired) electrons. The summed E-state index contributed by atoms with van der Waals surface area (Å²) < 4.78 is 28.2. The Labute approximate surface area is 127 Å². The Kier molecular flexibility index (Phi) is 6.63. The van der Waals surface area contributed by atoms with Crippen molar-refractivity contribution < 1.29 is 13.2 Å². The fourth-order valence-electron chi connectivity index (χ4n) is 1.73. The van der Waals surface area contributed by atoms with Crippen LogP contribution in [0.1, 0.15) is 30.4 Å². The minimum atomic E-state index is -3.35. The van der Waals surface area contributed by atoms with E-state index in [1.54, 1.807) is 0 Å². The topological polar surface area (TPSA) is 43.4 Å². The van der Waals surface area contributed by atoms with Gasteiger partial charge in [0.25, 0.3) is 0 Å². The first-order chi connectivity index (χ1) is 8.79. The molecule has 0 unspecified atom stereocenters. The Hall–Kier alpha value is -0.260. The van der Waals surface area contributed by atoms with Crippen LogP contribution >= 0.6 is 26.6 Å². The van der Waals surface area contributed by atoms with Gasteiger partial charge in [0.15, 0.2) is 0 Å². The summed E-state index contributed by atoms with van der Waals surface area (Å²) in [5, 5.41) is 0. The van der Waals surface area contributed by atoms with Crippen molar-refractivity contribution in [3.8, 4) is 5.75 Å². The van der Waals surface area contributed by atoms with E-state index in [2.05, 4.69) is 15.9 Å². The zero-order valence-electron chi connectivity index (χ0n) is 11.1. The average Bonchev–Trinajstić information content (AvgIpc) is 2.29. The van der Waals surface area contributed by atoms with Crippen LogP contribution in [0.4, 0.5) is 0 Å². The minimum Gasteiger partial charge on any atom is -0.494 e. The van der Waals surface area contributed by atoms with Gasteiger partial charge >= 0.3 is 0 Å². The van der Waals surface area contributed by atoms with E-state index in [-0.39, 0.29) is 5.75 Å². The van der Waals surface area contributed by atoms with Crippen molar-refractivity contribution in [1.29, 1.82) is 0 Å². The predicted molar refractivity (Wildman–Crippen MR) is 82.6 cm³/mol. The number of unbranched alkanes of at least 4 members (excludes halogenated alkanes) is 2. The largest absolute Gasteiger partial charge is 0.494 e. The van der Waals surface area contributed by atoms with Gasteiger partial charge in [-0.15, -0.1) is 0 Å². The van der Waals surface area contributed by atoms with Gasteiger partial charge in [0, 0.05) is 15.2 Å². The molecule has 0 spiro atoms. The number of halogens is 2.